The lowest BCUT2D eigenvalue weighted by Crippen LogP contribution is -2.49. The Hall–Kier alpha value is -2.53. The first kappa shape index (κ1) is 22.8. The van der Waals surface area contributed by atoms with Crippen molar-refractivity contribution in [2.24, 2.45) is 0 Å². The van der Waals surface area contributed by atoms with Gasteiger partial charge in [-0.25, -0.2) is 0 Å². The Morgan fingerprint density at radius 2 is 1.76 bits per heavy atom. The van der Waals surface area contributed by atoms with Crippen molar-refractivity contribution >= 4 is 23.4 Å². The van der Waals surface area contributed by atoms with Gasteiger partial charge < -0.3 is 15.0 Å². The number of nitrogens with zero attached hydrogens (tertiary/aromatic N) is 1. The Labute approximate surface area is 178 Å². The molecule has 0 fully saturated rings. The predicted molar refractivity (Wildman–Crippen MR) is 116 cm³/mol. The van der Waals surface area contributed by atoms with E-state index < -0.39 is 6.04 Å². The number of benzene rings is 2. The molecule has 5 nitrogen and oxygen atoms in total. The van der Waals surface area contributed by atoms with Gasteiger partial charge in [0.1, 0.15) is 11.8 Å². The van der Waals surface area contributed by atoms with E-state index in [-0.39, 0.29) is 18.4 Å². The summed E-state index contributed by atoms with van der Waals surface area (Å²) in [5.74, 6) is 0.199. The lowest BCUT2D eigenvalue weighted by molar-refractivity contribution is -0.142. The summed E-state index contributed by atoms with van der Waals surface area (Å²) in [7, 11) is 0. The van der Waals surface area contributed by atoms with Crippen molar-refractivity contribution < 1.29 is 14.3 Å². The highest BCUT2D eigenvalue weighted by Crippen LogP contribution is 2.15. The lowest BCUT2D eigenvalue weighted by Gasteiger charge is -2.28. The summed E-state index contributed by atoms with van der Waals surface area (Å²) in [4.78, 5) is 27.0. The normalized spacial score (nSPS) is 11.6. The van der Waals surface area contributed by atoms with Crippen LogP contribution in [0.15, 0.2) is 48.5 Å². The van der Waals surface area contributed by atoms with Crippen LogP contribution in [0.5, 0.6) is 5.75 Å². The molecular weight excluding hydrogens is 388 g/mol. The number of amides is 2. The number of hydrogen-bond donors (Lipinski definition) is 1. The number of rotatable bonds is 10. The Balaban J connectivity index is 2.08. The minimum Gasteiger partial charge on any atom is -0.484 e. The molecule has 0 aromatic heterocycles. The molecule has 0 saturated carbocycles. The van der Waals surface area contributed by atoms with Gasteiger partial charge in [-0.2, -0.15) is 0 Å². The van der Waals surface area contributed by atoms with Gasteiger partial charge in [-0.05, 0) is 50.1 Å². The second-order valence-corrected chi connectivity index (χ2v) is 7.51. The van der Waals surface area contributed by atoms with Crippen LogP contribution in [0.2, 0.25) is 5.02 Å². The van der Waals surface area contributed by atoms with E-state index in [0.29, 0.717) is 23.9 Å². The van der Waals surface area contributed by atoms with Gasteiger partial charge in [-0.3, -0.25) is 9.59 Å². The molecule has 2 amide bonds. The van der Waals surface area contributed by atoms with Crippen molar-refractivity contribution in [2.75, 3.05) is 13.2 Å². The fraction of sp³-hybridized carbons (Fsp3) is 0.391. The first-order chi connectivity index (χ1) is 13.9. The van der Waals surface area contributed by atoms with Crippen LogP contribution in [0.3, 0.4) is 0 Å². The molecule has 1 atom stereocenters. The zero-order valence-corrected chi connectivity index (χ0v) is 18.0. The van der Waals surface area contributed by atoms with E-state index in [0.717, 1.165) is 24.0 Å². The van der Waals surface area contributed by atoms with E-state index in [9.17, 15) is 9.59 Å². The van der Waals surface area contributed by atoms with Crippen molar-refractivity contribution in [3.05, 3.63) is 64.7 Å². The van der Waals surface area contributed by atoms with Gasteiger partial charge >= 0.3 is 0 Å². The Kier molecular flexibility index (Phi) is 9.00. The van der Waals surface area contributed by atoms with Crippen LogP contribution in [0.1, 0.15) is 37.8 Å². The van der Waals surface area contributed by atoms with Crippen molar-refractivity contribution in [3.63, 3.8) is 0 Å². The minimum absolute atomic E-state index is 0.136. The molecule has 0 spiro atoms. The summed E-state index contributed by atoms with van der Waals surface area (Å²) in [5.41, 5.74) is 2.01. The van der Waals surface area contributed by atoms with Crippen LogP contribution in [0.4, 0.5) is 0 Å². The molecule has 156 valence electrons. The van der Waals surface area contributed by atoms with Crippen molar-refractivity contribution in [1.82, 2.24) is 10.2 Å². The molecule has 0 aliphatic carbocycles. The Morgan fingerprint density at radius 1 is 1.10 bits per heavy atom. The molecular formula is C23H29ClN2O3. The summed E-state index contributed by atoms with van der Waals surface area (Å²) in [6.45, 7) is 6.55. The third-order valence-electron chi connectivity index (χ3n) is 4.65. The maximum absolute atomic E-state index is 12.9. The van der Waals surface area contributed by atoms with E-state index in [1.807, 2.05) is 43.3 Å². The SMILES string of the molecule is CCCCNC(=O)[C@@H](C)N(Cc1ccc(Cl)cc1)C(=O)COc1ccc(C)cc1. The van der Waals surface area contributed by atoms with Gasteiger partial charge in [-0.15, -0.1) is 0 Å². The zero-order chi connectivity index (χ0) is 21.2. The third-order valence-corrected chi connectivity index (χ3v) is 4.90. The molecule has 0 aliphatic rings. The lowest BCUT2D eigenvalue weighted by atomic mass is 10.1. The molecule has 0 radical (unpaired) electrons. The monoisotopic (exact) mass is 416 g/mol. The fourth-order valence-corrected chi connectivity index (χ4v) is 2.89. The Bertz CT molecular complexity index is 791. The van der Waals surface area contributed by atoms with Gasteiger partial charge in [0.15, 0.2) is 6.61 Å². The molecule has 2 aromatic carbocycles. The average molecular weight is 417 g/mol. The third kappa shape index (κ3) is 7.42. The number of nitrogens with one attached hydrogen (secondary N) is 1. The van der Waals surface area contributed by atoms with Crippen LogP contribution >= 0.6 is 11.6 Å². The average Bonchev–Trinajstić information content (AvgIpc) is 2.72. The second-order valence-electron chi connectivity index (χ2n) is 7.07. The second kappa shape index (κ2) is 11.5. The number of carbonyl (C=O) groups excluding carboxylic acids is 2. The fourth-order valence-electron chi connectivity index (χ4n) is 2.77. The van der Waals surface area contributed by atoms with E-state index in [1.54, 1.807) is 24.0 Å². The first-order valence-corrected chi connectivity index (χ1v) is 10.3. The summed E-state index contributed by atoms with van der Waals surface area (Å²) in [6, 6.07) is 14.1. The smallest absolute Gasteiger partial charge is 0.261 e. The van der Waals surface area contributed by atoms with Gasteiger partial charge in [0, 0.05) is 18.1 Å². The maximum atomic E-state index is 12.9. The van der Waals surface area contributed by atoms with Crippen molar-refractivity contribution in [2.45, 2.75) is 46.2 Å². The molecule has 2 rings (SSSR count). The topological polar surface area (TPSA) is 58.6 Å². The van der Waals surface area contributed by atoms with Crippen LogP contribution in [-0.4, -0.2) is 35.9 Å². The highest BCUT2D eigenvalue weighted by molar-refractivity contribution is 6.30. The number of hydrogen-bond acceptors (Lipinski definition) is 3. The van der Waals surface area contributed by atoms with Crippen LogP contribution < -0.4 is 10.1 Å². The number of carbonyl (C=O) groups is 2. The largest absolute Gasteiger partial charge is 0.484 e. The number of halogens is 1. The summed E-state index contributed by atoms with van der Waals surface area (Å²) >= 11 is 5.96. The van der Waals surface area contributed by atoms with Gasteiger partial charge in [0.05, 0.1) is 0 Å². The van der Waals surface area contributed by atoms with Crippen LogP contribution in [0.25, 0.3) is 0 Å². The molecule has 6 heteroatoms. The van der Waals surface area contributed by atoms with E-state index in [1.165, 1.54) is 0 Å². The van der Waals surface area contributed by atoms with Gasteiger partial charge in [-0.1, -0.05) is 54.8 Å². The molecule has 29 heavy (non-hydrogen) atoms. The molecule has 1 N–H and O–H groups in total. The van der Waals surface area contributed by atoms with Crippen LogP contribution in [0, 0.1) is 6.92 Å². The predicted octanol–water partition coefficient (Wildman–Crippen LogP) is 4.36. The van der Waals surface area contributed by atoms with E-state index >= 15 is 0 Å². The van der Waals surface area contributed by atoms with E-state index in [4.69, 9.17) is 16.3 Å². The summed E-state index contributed by atoms with van der Waals surface area (Å²) in [5, 5.41) is 3.52. The Morgan fingerprint density at radius 3 is 2.38 bits per heavy atom. The quantitative estimate of drug-likeness (QED) is 0.585. The molecule has 0 aliphatic heterocycles. The van der Waals surface area contributed by atoms with E-state index in [2.05, 4.69) is 12.2 Å². The number of ether oxygens (including phenoxy) is 1. The van der Waals surface area contributed by atoms with Crippen LogP contribution in [-0.2, 0) is 16.1 Å². The van der Waals surface area contributed by atoms with Crippen molar-refractivity contribution in [1.29, 1.82) is 0 Å². The zero-order valence-electron chi connectivity index (χ0n) is 17.3. The molecule has 0 bridgehead atoms. The molecule has 0 heterocycles. The highest BCUT2D eigenvalue weighted by Gasteiger charge is 2.26. The minimum atomic E-state index is -0.614. The summed E-state index contributed by atoms with van der Waals surface area (Å²) in [6.07, 6.45) is 1.90. The van der Waals surface area contributed by atoms with Gasteiger partial charge in [0.25, 0.3) is 5.91 Å². The summed E-state index contributed by atoms with van der Waals surface area (Å²) < 4.78 is 5.64. The first-order valence-electron chi connectivity index (χ1n) is 9.91. The van der Waals surface area contributed by atoms with Crippen molar-refractivity contribution in [3.8, 4) is 5.75 Å². The molecule has 0 unspecified atom stereocenters. The van der Waals surface area contributed by atoms with Gasteiger partial charge in [0.2, 0.25) is 5.91 Å². The number of unbranched alkanes of at least 4 members (excludes halogenated alkanes) is 1. The standard InChI is InChI=1S/C23H29ClN2O3/c1-4-5-14-25-23(28)18(3)26(15-19-8-10-20(24)11-9-19)22(27)16-29-21-12-6-17(2)7-13-21/h6-13,18H,4-5,14-16H2,1-3H3,(H,25,28)/t18-/m1/s1. The number of aryl methyl sites for hydroxylation is 1. The molecule has 0 saturated heterocycles. The maximum Gasteiger partial charge on any atom is 0.261 e. The molecule has 2 aromatic rings. The highest BCUT2D eigenvalue weighted by atomic mass is 35.5.